The van der Waals surface area contributed by atoms with Gasteiger partial charge in [-0.3, -0.25) is 9.80 Å². The maximum Gasteiger partial charge on any atom is 0.335 e. The van der Waals surface area contributed by atoms with E-state index >= 15 is 0 Å². The van der Waals surface area contributed by atoms with Gasteiger partial charge in [0.15, 0.2) is 0 Å². The number of nitrogens with one attached hydrogen (secondary N) is 1. The van der Waals surface area contributed by atoms with E-state index in [2.05, 4.69) is 59.3 Å². The molecule has 2 aliphatic heterocycles. The first-order valence-electron chi connectivity index (χ1n) is 11.3. The van der Waals surface area contributed by atoms with Gasteiger partial charge in [-0.15, -0.1) is 0 Å². The van der Waals surface area contributed by atoms with Crippen molar-refractivity contribution in [2.75, 3.05) is 26.2 Å². The minimum absolute atomic E-state index is 0.345. The lowest BCUT2D eigenvalue weighted by atomic mass is 9.94. The minimum atomic E-state index is -0.872. The number of benzene rings is 2. The first kappa shape index (κ1) is 21.8. The lowest BCUT2D eigenvalue weighted by Gasteiger charge is -2.45. The van der Waals surface area contributed by atoms with Crippen LogP contribution in [0.25, 0.3) is 5.57 Å². The monoisotopic (exact) mass is 419 g/mol. The molecule has 0 saturated carbocycles. The van der Waals surface area contributed by atoms with Crippen molar-refractivity contribution >= 4 is 11.5 Å². The Hall–Kier alpha value is -2.47. The first-order valence-corrected chi connectivity index (χ1v) is 11.3. The van der Waals surface area contributed by atoms with E-state index in [0.29, 0.717) is 17.6 Å². The molecule has 5 nitrogen and oxygen atoms in total. The largest absolute Gasteiger partial charge is 0.478 e. The van der Waals surface area contributed by atoms with Gasteiger partial charge in [-0.1, -0.05) is 42.5 Å². The Bertz CT molecular complexity index is 926. The normalized spacial score (nSPS) is 22.8. The summed E-state index contributed by atoms with van der Waals surface area (Å²) in [4.78, 5) is 16.2. The Labute approximate surface area is 185 Å². The van der Waals surface area contributed by atoms with Crippen LogP contribution in [-0.4, -0.2) is 59.1 Å². The zero-order valence-electron chi connectivity index (χ0n) is 18.6. The maximum absolute atomic E-state index is 11.1. The van der Waals surface area contributed by atoms with Crippen molar-refractivity contribution < 1.29 is 9.90 Å². The fraction of sp³-hybridized carbons (Fsp3) is 0.423. The molecule has 0 aliphatic carbocycles. The topological polar surface area (TPSA) is 55.8 Å². The number of hydrogen-bond donors (Lipinski definition) is 2. The van der Waals surface area contributed by atoms with Crippen LogP contribution >= 0.6 is 0 Å². The third kappa shape index (κ3) is 5.24. The third-order valence-corrected chi connectivity index (χ3v) is 6.56. The number of nitrogens with zero attached hydrogens (tertiary/aromatic N) is 2. The second-order valence-corrected chi connectivity index (χ2v) is 8.91. The van der Waals surface area contributed by atoms with Crippen LogP contribution in [0.4, 0.5) is 0 Å². The Balaban J connectivity index is 1.42. The molecular weight excluding hydrogens is 386 g/mol. The highest BCUT2D eigenvalue weighted by Crippen LogP contribution is 2.27. The molecule has 0 unspecified atom stereocenters. The maximum atomic E-state index is 11.1. The van der Waals surface area contributed by atoms with E-state index in [-0.39, 0.29) is 0 Å². The molecule has 2 aromatic rings. The summed E-state index contributed by atoms with van der Waals surface area (Å²) in [6, 6.07) is 17.1. The molecular formula is C26H33N3O2. The summed E-state index contributed by atoms with van der Waals surface area (Å²) in [6.07, 6.45) is 3.43. The van der Waals surface area contributed by atoms with Gasteiger partial charge in [0.2, 0.25) is 0 Å². The highest BCUT2D eigenvalue weighted by molar-refractivity contribution is 5.87. The number of carboxylic acid groups (broad SMARTS) is 1. The van der Waals surface area contributed by atoms with Gasteiger partial charge in [0.1, 0.15) is 0 Å². The van der Waals surface area contributed by atoms with E-state index in [1.807, 2.05) is 12.1 Å². The summed E-state index contributed by atoms with van der Waals surface area (Å²) in [5, 5.41) is 12.5. The summed E-state index contributed by atoms with van der Waals surface area (Å²) in [5.74, 6) is -0.872. The van der Waals surface area contributed by atoms with Crippen molar-refractivity contribution in [3.8, 4) is 0 Å². The average Bonchev–Trinajstić information content (AvgIpc) is 2.77. The summed E-state index contributed by atoms with van der Waals surface area (Å²) < 4.78 is 0. The van der Waals surface area contributed by atoms with Gasteiger partial charge in [0, 0.05) is 44.8 Å². The molecule has 2 N–H and O–H groups in total. The van der Waals surface area contributed by atoms with Crippen molar-refractivity contribution in [3.05, 3.63) is 76.9 Å². The van der Waals surface area contributed by atoms with E-state index < -0.39 is 5.97 Å². The molecule has 1 fully saturated rings. The van der Waals surface area contributed by atoms with Crippen molar-refractivity contribution in [2.24, 2.45) is 0 Å². The molecule has 2 aromatic carbocycles. The van der Waals surface area contributed by atoms with Crippen LogP contribution < -0.4 is 5.32 Å². The van der Waals surface area contributed by atoms with Gasteiger partial charge >= 0.3 is 5.97 Å². The fourth-order valence-electron chi connectivity index (χ4n) is 4.95. The smallest absolute Gasteiger partial charge is 0.335 e. The predicted octanol–water partition coefficient (Wildman–Crippen LogP) is 3.86. The molecule has 2 heterocycles. The van der Waals surface area contributed by atoms with E-state index in [4.69, 9.17) is 5.11 Å². The lowest BCUT2D eigenvalue weighted by Crippen LogP contribution is -2.55. The molecule has 1 saturated heterocycles. The molecule has 2 aliphatic rings. The van der Waals surface area contributed by atoms with Crippen molar-refractivity contribution in [2.45, 2.75) is 45.4 Å². The standard InChI is InChI=1S/C26H33N3O2/c1-19-15-28(17-21-7-9-23(10-8-21)26(30)31)16-20(2)29(19)18-24-5-3-4-6-25(24)22-11-13-27-14-12-22/h3-11,19-20,27H,12-18H2,1-2H3,(H,30,31)/t19-,20+. The summed E-state index contributed by atoms with van der Waals surface area (Å²) in [5.41, 5.74) is 5.81. The van der Waals surface area contributed by atoms with Crippen LogP contribution in [0, 0.1) is 0 Å². The van der Waals surface area contributed by atoms with Crippen molar-refractivity contribution in [3.63, 3.8) is 0 Å². The minimum Gasteiger partial charge on any atom is -0.478 e. The van der Waals surface area contributed by atoms with E-state index in [1.165, 1.54) is 22.3 Å². The van der Waals surface area contributed by atoms with Crippen LogP contribution in [0.2, 0.25) is 0 Å². The van der Waals surface area contributed by atoms with E-state index in [1.54, 1.807) is 12.1 Å². The van der Waals surface area contributed by atoms with Crippen molar-refractivity contribution in [1.82, 2.24) is 15.1 Å². The molecule has 0 radical (unpaired) electrons. The van der Waals surface area contributed by atoms with Crippen molar-refractivity contribution in [1.29, 1.82) is 0 Å². The van der Waals surface area contributed by atoms with Gasteiger partial charge < -0.3 is 10.4 Å². The van der Waals surface area contributed by atoms with Gasteiger partial charge in [-0.05, 0) is 61.2 Å². The highest BCUT2D eigenvalue weighted by Gasteiger charge is 2.30. The second-order valence-electron chi connectivity index (χ2n) is 8.91. The third-order valence-electron chi connectivity index (χ3n) is 6.56. The fourth-order valence-corrected chi connectivity index (χ4v) is 4.95. The number of piperazine rings is 1. The number of carboxylic acids is 1. The molecule has 0 bridgehead atoms. The van der Waals surface area contributed by atoms with E-state index in [9.17, 15) is 4.79 Å². The quantitative estimate of drug-likeness (QED) is 0.745. The summed E-state index contributed by atoms with van der Waals surface area (Å²) in [7, 11) is 0. The number of carbonyl (C=O) groups is 1. The molecule has 164 valence electrons. The van der Waals surface area contributed by atoms with Crippen LogP contribution in [-0.2, 0) is 13.1 Å². The van der Waals surface area contributed by atoms with Crippen LogP contribution in [0.1, 0.15) is 47.3 Å². The van der Waals surface area contributed by atoms with Gasteiger partial charge in [-0.2, -0.15) is 0 Å². The number of aromatic carboxylic acids is 1. The Morgan fingerprint density at radius 3 is 2.39 bits per heavy atom. The van der Waals surface area contributed by atoms with Crippen LogP contribution in [0.3, 0.4) is 0 Å². The van der Waals surface area contributed by atoms with Gasteiger partial charge in [0.25, 0.3) is 0 Å². The molecule has 31 heavy (non-hydrogen) atoms. The molecule has 4 rings (SSSR count). The average molecular weight is 420 g/mol. The SMILES string of the molecule is C[C@@H]1CN(Cc2ccc(C(=O)O)cc2)C[C@H](C)N1Cc1ccccc1C1=CCNCC1. The Kier molecular flexibility index (Phi) is 6.86. The summed E-state index contributed by atoms with van der Waals surface area (Å²) >= 11 is 0. The lowest BCUT2D eigenvalue weighted by molar-refractivity contribution is 0.0290. The van der Waals surface area contributed by atoms with E-state index in [0.717, 1.165) is 45.7 Å². The molecule has 0 amide bonds. The summed E-state index contributed by atoms with van der Waals surface area (Å²) in [6.45, 7) is 10.5. The zero-order chi connectivity index (χ0) is 21.8. The molecule has 0 spiro atoms. The van der Waals surface area contributed by atoms with Crippen LogP contribution in [0.5, 0.6) is 0 Å². The number of rotatable bonds is 6. The second kappa shape index (κ2) is 9.77. The number of hydrogen-bond acceptors (Lipinski definition) is 4. The molecule has 5 heteroatoms. The Morgan fingerprint density at radius 1 is 1.03 bits per heavy atom. The van der Waals surface area contributed by atoms with Crippen LogP contribution in [0.15, 0.2) is 54.6 Å². The van der Waals surface area contributed by atoms with Gasteiger partial charge in [0.05, 0.1) is 5.56 Å². The first-order chi connectivity index (χ1) is 15.0. The van der Waals surface area contributed by atoms with Gasteiger partial charge in [-0.25, -0.2) is 4.79 Å². The zero-order valence-corrected chi connectivity index (χ0v) is 18.6. The predicted molar refractivity (Wildman–Crippen MR) is 125 cm³/mol. The molecule has 2 atom stereocenters. The Morgan fingerprint density at radius 2 is 1.74 bits per heavy atom. The molecule has 0 aromatic heterocycles. The highest BCUT2D eigenvalue weighted by atomic mass is 16.4.